The molecule has 1 saturated carbocycles. The van der Waals surface area contributed by atoms with Gasteiger partial charge in [-0.05, 0) is 30.5 Å². The molecule has 1 aliphatic carbocycles. The van der Waals surface area contributed by atoms with Crippen molar-refractivity contribution in [3.8, 4) is 11.5 Å². The van der Waals surface area contributed by atoms with Crippen molar-refractivity contribution in [3.63, 3.8) is 0 Å². The molecular formula is C17H26BrNO3. The van der Waals surface area contributed by atoms with E-state index in [1.54, 1.807) is 14.2 Å². The largest absolute Gasteiger partial charge is 0.493 e. The van der Waals surface area contributed by atoms with Gasteiger partial charge in [-0.15, -0.1) is 0 Å². The molecule has 1 fully saturated rings. The van der Waals surface area contributed by atoms with E-state index in [9.17, 15) is 5.11 Å². The Morgan fingerprint density at radius 2 is 1.77 bits per heavy atom. The summed E-state index contributed by atoms with van der Waals surface area (Å²) >= 11 is 3.63. The van der Waals surface area contributed by atoms with Gasteiger partial charge in [0.05, 0.1) is 20.8 Å². The van der Waals surface area contributed by atoms with Crippen molar-refractivity contribution in [2.24, 2.45) is 0 Å². The summed E-state index contributed by atoms with van der Waals surface area (Å²) in [6.07, 6.45) is 6.37. The second-order valence-electron chi connectivity index (χ2n) is 5.78. The van der Waals surface area contributed by atoms with Crippen LogP contribution in [0.2, 0.25) is 0 Å². The van der Waals surface area contributed by atoms with E-state index >= 15 is 0 Å². The second kappa shape index (κ2) is 8.75. The third-order valence-electron chi connectivity index (χ3n) is 4.40. The first kappa shape index (κ1) is 17.6. The third-order valence-corrected chi connectivity index (χ3v) is 5.14. The Balaban J connectivity index is 2.17. The highest BCUT2D eigenvalue weighted by Gasteiger charge is 2.22. The van der Waals surface area contributed by atoms with Crippen LogP contribution in [0.15, 0.2) is 16.6 Å². The molecule has 22 heavy (non-hydrogen) atoms. The zero-order chi connectivity index (χ0) is 15.9. The monoisotopic (exact) mass is 371 g/mol. The van der Waals surface area contributed by atoms with Gasteiger partial charge in [0.25, 0.3) is 0 Å². The second-order valence-corrected chi connectivity index (χ2v) is 6.64. The molecule has 5 heteroatoms. The number of ether oxygens (including phenoxy) is 2. The fourth-order valence-corrected chi connectivity index (χ4v) is 3.65. The molecule has 0 amide bonds. The zero-order valence-corrected chi connectivity index (χ0v) is 15.1. The predicted molar refractivity (Wildman–Crippen MR) is 91.6 cm³/mol. The fourth-order valence-electron chi connectivity index (χ4n) is 3.20. The van der Waals surface area contributed by atoms with Gasteiger partial charge in [-0.3, -0.25) is 4.90 Å². The number of methoxy groups -OCH3 is 2. The Morgan fingerprint density at radius 1 is 1.14 bits per heavy atom. The van der Waals surface area contributed by atoms with E-state index in [0.29, 0.717) is 12.6 Å². The molecule has 0 radical (unpaired) electrons. The summed E-state index contributed by atoms with van der Waals surface area (Å²) in [5.41, 5.74) is 1.16. The quantitative estimate of drug-likeness (QED) is 0.794. The normalized spacial score (nSPS) is 16.0. The lowest BCUT2D eigenvalue weighted by Crippen LogP contribution is -2.38. The number of rotatable bonds is 7. The predicted octanol–water partition coefficient (Wildman–Crippen LogP) is 3.59. The van der Waals surface area contributed by atoms with Crippen LogP contribution in [0, 0.1) is 0 Å². The van der Waals surface area contributed by atoms with Gasteiger partial charge in [-0.25, -0.2) is 0 Å². The Morgan fingerprint density at radius 3 is 2.36 bits per heavy atom. The van der Waals surface area contributed by atoms with Crippen molar-refractivity contribution in [3.05, 3.63) is 22.2 Å². The van der Waals surface area contributed by atoms with Crippen LogP contribution in [0.4, 0.5) is 0 Å². The van der Waals surface area contributed by atoms with Crippen LogP contribution < -0.4 is 9.47 Å². The lowest BCUT2D eigenvalue weighted by atomic mass is 9.94. The van der Waals surface area contributed by atoms with Gasteiger partial charge in [-0.1, -0.05) is 35.2 Å². The van der Waals surface area contributed by atoms with E-state index in [1.807, 2.05) is 12.1 Å². The summed E-state index contributed by atoms with van der Waals surface area (Å²) in [6.45, 7) is 1.72. The van der Waals surface area contributed by atoms with Crippen molar-refractivity contribution in [1.29, 1.82) is 0 Å². The standard InChI is InChI=1S/C17H26BrNO3/c1-21-16-10-13(15(18)11-17(16)22-2)12-19(8-9-20)14-6-4-3-5-7-14/h10-11,14,20H,3-9,12H2,1-2H3. The number of aliphatic hydroxyl groups excluding tert-OH is 1. The van der Waals surface area contributed by atoms with E-state index in [0.717, 1.165) is 28.1 Å². The summed E-state index contributed by atoms with van der Waals surface area (Å²) in [6, 6.07) is 4.54. The van der Waals surface area contributed by atoms with E-state index in [4.69, 9.17) is 9.47 Å². The highest BCUT2D eigenvalue weighted by Crippen LogP contribution is 2.34. The lowest BCUT2D eigenvalue weighted by molar-refractivity contribution is 0.117. The first-order valence-electron chi connectivity index (χ1n) is 7.95. The third kappa shape index (κ3) is 4.37. The number of nitrogens with zero attached hydrogens (tertiary/aromatic N) is 1. The van der Waals surface area contributed by atoms with Crippen molar-refractivity contribution in [2.45, 2.75) is 44.7 Å². The topological polar surface area (TPSA) is 41.9 Å². The van der Waals surface area contributed by atoms with Gasteiger partial charge in [0, 0.05) is 23.6 Å². The number of halogens is 1. The summed E-state index contributed by atoms with van der Waals surface area (Å²) in [7, 11) is 3.30. The molecule has 0 saturated heterocycles. The average Bonchev–Trinajstić information content (AvgIpc) is 2.56. The van der Waals surface area contributed by atoms with Crippen LogP contribution in [0.5, 0.6) is 11.5 Å². The van der Waals surface area contributed by atoms with Crippen molar-refractivity contribution >= 4 is 15.9 Å². The maximum atomic E-state index is 9.40. The number of hydrogen-bond donors (Lipinski definition) is 1. The summed E-state index contributed by atoms with van der Waals surface area (Å²) in [5.74, 6) is 1.47. The molecule has 0 bridgehead atoms. The molecule has 1 aromatic carbocycles. The first-order valence-corrected chi connectivity index (χ1v) is 8.74. The molecule has 1 N–H and O–H groups in total. The maximum Gasteiger partial charge on any atom is 0.161 e. The minimum absolute atomic E-state index is 0.196. The van der Waals surface area contributed by atoms with E-state index in [-0.39, 0.29) is 6.61 Å². The molecule has 0 unspecified atom stereocenters. The lowest BCUT2D eigenvalue weighted by Gasteiger charge is -2.34. The fraction of sp³-hybridized carbons (Fsp3) is 0.647. The van der Waals surface area contributed by atoms with Gasteiger partial charge in [0.2, 0.25) is 0 Å². The molecule has 0 heterocycles. The molecule has 0 spiro atoms. The van der Waals surface area contributed by atoms with E-state index < -0.39 is 0 Å². The minimum atomic E-state index is 0.196. The minimum Gasteiger partial charge on any atom is -0.493 e. The molecule has 0 aromatic heterocycles. The van der Waals surface area contributed by atoms with Crippen LogP contribution in [0.3, 0.4) is 0 Å². The Hall–Kier alpha value is -0.780. The zero-order valence-electron chi connectivity index (χ0n) is 13.5. The van der Waals surface area contributed by atoms with E-state index in [2.05, 4.69) is 20.8 Å². The number of hydrogen-bond acceptors (Lipinski definition) is 4. The molecule has 1 aromatic rings. The van der Waals surface area contributed by atoms with Crippen LogP contribution >= 0.6 is 15.9 Å². The van der Waals surface area contributed by atoms with Crippen molar-refractivity contribution < 1.29 is 14.6 Å². The van der Waals surface area contributed by atoms with Gasteiger partial charge < -0.3 is 14.6 Å². The molecule has 0 aliphatic heterocycles. The first-order chi connectivity index (χ1) is 10.7. The van der Waals surface area contributed by atoms with E-state index in [1.165, 1.54) is 32.1 Å². The van der Waals surface area contributed by atoms with Crippen molar-refractivity contribution in [1.82, 2.24) is 4.90 Å². The molecule has 1 aliphatic rings. The van der Waals surface area contributed by atoms with Gasteiger partial charge in [0.1, 0.15) is 0 Å². The molecule has 0 atom stereocenters. The van der Waals surface area contributed by atoms with Crippen LogP contribution in [-0.4, -0.2) is 43.4 Å². The van der Waals surface area contributed by atoms with Crippen LogP contribution in [0.25, 0.3) is 0 Å². The maximum absolute atomic E-state index is 9.40. The molecule has 4 nitrogen and oxygen atoms in total. The summed E-state index contributed by atoms with van der Waals surface area (Å²) in [5, 5.41) is 9.40. The Labute approximate surface area is 141 Å². The van der Waals surface area contributed by atoms with Gasteiger partial charge >= 0.3 is 0 Å². The SMILES string of the molecule is COc1cc(Br)c(CN(CCO)C2CCCCC2)cc1OC. The highest BCUT2D eigenvalue weighted by molar-refractivity contribution is 9.10. The smallest absolute Gasteiger partial charge is 0.161 e. The molecular weight excluding hydrogens is 346 g/mol. The van der Waals surface area contributed by atoms with Gasteiger partial charge in [-0.2, -0.15) is 0 Å². The highest BCUT2D eigenvalue weighted by atomic mass is 79.9. The van der Waals surface area contributed by atoms with Crippen LogP contribution in [-0.2, 0) is 6.54 Å². The number of aliphatic hydroxyl groups is 1. The molecule has 2 rings (SSSR count). The summed E-state index contributed by atoms with van der Waals surface area (Å²) < 4.78 is 11.8. The van der Waals surface area contributed by atoms with Crippen molar-refractivity contribution in [2.75, 3.05) is 27.4 Å². The number of benzene rings is 1. The Kier molecular flexibility index (Phi) is 6.99. The van der Waals surface area contributed by atoms with Crippen LogP contribution in [0.1, 0.15) is 37.7 Å². The summed E-state index contributed by atoms with van der Waals surface area (Å²) in [4.78, 5) is 2.39. The molecule has 124 valence electrons. The van der Waals surface area contributed by atoms with Gasteiger partial charge in [0.15, 0.2) is 11.5 Å². The Bertz CT molecular complexity index is 475. The average molecular weight is 372 g/mol.